The van der Waals surface area contributed by atoms with Crippen LogP contribution < -0.4 is 9.80 Å². The van der Waals surface area contributed by atoms with Crippen LogP contribution in [0.15, 0.2) is 230 Å². The highest BCUT2D eigenvalue weighted by molar-refractivity contribution is 6.00. The summed E-state index contributed by atoms with van der Waals surface area (Å²) in [5, 5.41) is 0. The highest BCUT2D eigenvalue weighted by Gasteiger charge is 2.53. The summed E-state index contributed by atoms with van der Waals surface area (Å²) in [5.41, 5.74) is 26.2. The third-order valence-electron chi connectivity index (χ3n) is 15.3. The van der Waals surface area contributed by atoms with E-state index in [1.54, 1.807) is 0 Å². The van der Waals surface area contributed by atoms with Gasteiger partial charge in [-0.1, -0.05) is 191 Å². The second-order valence-electron chi connectivity index (χ2n) is 19.5. The van der Waals surface area contributed by atoms with Crippen LogP contribution in [0.5, 0.6) is 0 Å². The third-order valence-corrected chi connectivity index (χ3v) is 15.3. The Morgan fingerprint density at radius 3 is 2.03 bits per heavy atom. The molecule has 0 fully saturated rings. The van der Waals surface area contributed by atoms with Gasteiger partial charge in [0, 0.05) is 34.7 Å². The molecule has 2 heteroatoms. The first-order valence-electron chi connectivity index (χ1n) is 24.0. The standard InChI is InChI=1S/C66H54N2/c1-7-8-25-62-44(3)29-32-48-19-10-16-27-64(48)68(62)50-34-37-55-54-35-31-46(40-59(54)65(5,6)60(55)42-50)30-28-43(2)39-58-45(4)51-36-33-49(67-38-17-20-47-18-9-15-26-63(47)67)41-61(51)66(58)56-23-13-11-21-52(56)53-22-12-14-24-57(53)66/h7-16,18-19,21-37,39-42H,1-2,4,17,20,38H2,3,5-6H3/b25-8-,30-28+,58-39+. The Bertz CT molecular complexity index is 3440. The molecule has 0 radical (unpaired) electrons. The number of benzene rings is 7. The van der Waals surface area contributed by atoms with Crippen molar-refractivity contribution >= 4 is 40.5 Å². The number of allylic oxidation sites excluding steroid dienone is 10. The number of fused-ring (bicyclic) bond motifs is 12. The predicted octanol–water partition coefficient (Wildman–Crippen LogP) is 16.8. The topological polar surface area (TPSA) is 6.48 Å². The Morgan fingerprint density at radius 2 is 1.25 bits per heavy atom. The highest BCUT2D eigenvalue weighted by atomic mass is 15.2. The Morgan fingerprint density at radius 1 is 0.618 bits per heavy atom. The van der Waals surface area contributed by atoms with Gasteiger partial charge < -0.3 is 9.80 Å². The number of hydrogen-bond acceptors (Lipinski definition) is 2. The normalized spacial score (nSPS) is 17.3. The number of nitrogens with zero attached hydrogens (tertiary/aromatic N) is 2. The van der Waals surface area contributed by atoms with Crippen LogP contribution in [-0.4, -0.2) is 6.54 Å². The van der Waals surface area contributed by atoms with E-state index < -0.39 is 5.41 Å². The number of rotatable bonds is 7. The van der Waals surface area contributed by atoms with Crippen LogP contribution in [-0.2, 0) is 17.3 Å². The summed E-state index contributed by atoms with van der Waals surface area (Å²) < 4.78 is 0. The van der Waals surface area contributed by atoms with Crippen LogP contribution in [0.3, 0.4) is 0 Å². The van der Waals surface area contributed by atoms with E-state index in [0.29, 0.717) is 0 Å². The fraction of sp³-hybridized carbons (Fsp3) is 0.121. The van der Waals surface area contributed by atoms with Crippen molar-refractivity contribution in [2.24, 2.45) is 0 Å². The molecule has 7 aromatic carbocycles. The van der Waals surface area contributed by atoms with Crippen molar-refractivity contribution in [3.63, 3.8) is 0 Å². The van der Waals surface area contributed by atoms with Crippen LogP contribution in [0.1, 0.15) is 77.3 Å². The minimum atomic E-state index is -0.535. The van der Waals surface area contributed by atoms with Gasteiger partial charge in [-0.05, 0) is 157 Å². The first kappa shape index (κ1) is 41.5. The fourth-order valence-electron chi connectivity index (χ4n) is 12.1. The molecule has 2 heterocycles. The zero-order valence-electron chi connectivity index (χ0n) is 39.2. The molecule has 0 saturated carbocycles. The SMILES string of the molecule is C=C/C=C\C1=C(C)C=Cc2ccccc2N1c1ccc2c(c1)C(C)(C)c1cc(/C=C/C(=C)/C=C3\C(=C)c4ccc(N5CCCc6ccccc65)cc4C34c3ccccc3-c3ccccc34)ccc1-2. The highest BCUT2D eigenvalue weighted by Crippen LogP contribution is 2.64. The summed E-state index contributed by atoms with van der Waals surface area (Å²) in [7, 11) is 0. The van der Waals surface area contributed by atoms with E-state index in [4.69, 9.17) is 13.2 Å². The van der Waals surface area contributed by atoms with Gasteiger partial charge in [-0.25, -0.2) is 0 Å². The largest absolute Gasteiger partial charge is 0.341 e. The number of aryl methyl sites for hydroxylation is 1. The van der Waals surface area contributed by atoms with Gasteiger partial charge in [-0.15, -0.1) is 0 Å². The Balaban J connectivity index is 0.909. The Labute approximate surface area is 402 Å². The van der Waals surface area contributed by atoms with E-state index in [2.05, 4.69) is 225 Å². The molecule has 2 nitrogen and oxygen atoms in total. The molecule has 0 N–H and O–H groups in total. The summed E-state index contributed by atoms with van der Waals surface area (Å²) in [6, 6.07) is 56.6. The van der Waals surface area contributed by atoms with Gasteiger partial charge in [0.05, 0.1) is 11.1 Å². The van der Waals surface area contributed by atoms with Crippen LogP contribution in [0, 0.1) is 0 Å². The summed E-state index contributed by atoms with van der Waals surface area (Å²) in [5.74, 6) is 0. The molecule has 5 aliphatic rings. The molecule has 2 aliphatic heterocycles. The minimum Gasteiger partial charge on any atom is -0.341 e. The van der Waals surface area contributed by atoms with E-state index in [0.717, 1.165) is 53.2 Å². The molecular formula is C66H54N2. The molecule has 0 bridgehead atoms. The lowest BCUT2D eigenvalue weighted by Gasteiger charge is -2.34. The zero-order valence-corrected chi connectivity index (χ0v) is 39.2. The van der Waals surface area contributed by atoms with Crippen molar-refractivity contribution in [2.45, 2.75) is 44.4 Å². The van der Waals surface area contributed by atoms with E-state index in [9.17, 15) is 0 Å². The number of anilines is 4. The van der Waals surface area contributed by atoms with Crippen molar-refractivity contribution in [2.75, 3.05) is 16.3 Å². The molecule has 12 rings (SSSR count). The molecular weight excluding hydrogens is 821 g/mol. The number of para-hydroxylation sites is 2. The molecule has 328 valence electrons. The fourth-order valence-corrected chi connectivity index (χ4v) is 12.1. The molecule has 1 spiro atoms. The van der Waals surface area contributed by atoms with Gasteiger partial charge in [0.1, 0.15) is 0 Å². The lowest BCUT2D eigenvalue weighted by molar-refractivity contribution is 0.660. The molecule has 0 aromatic heterocycles. The van der Waals surface area contributed by atoms with E-state index in [1.165, 1.54) is 89.3 Å². The monoisotopic (exact) mass is 874 g/mol. The zero-order chi connectivity index (χ0) is 46.3. The average Bonchev–Trinajstić information content (AvgIpc) is 3.84. The number of hydrogen-bond donors (Lipinski definition) is 0. The summed E-state index contributed by atoms with van der Waals surface area (Å²) in [6.45, 7) is 21.5. The molecule has 68 heavy (non-hydrogen) atoms. The van der Waals surface area contributed by atoms with Gasteiger partial charge in [0.15, 0.2) is 0 Å². The van der Waals surface area contributed by atoms with Gasteiger partial charge in [-0.2, -0.15) is 0 Å². The molecule has 0 atom stereocenters. The second kappa shape index (κ2) is 15.9. The molecule has 0 saturated heterocycles. The average molecular weight is 875 g/mol. The molecule has 7 aromatic rings. The summed E-state index contributed by atoms with van der Waals surface area (Å²) in [4.78, 5) is 4.92. The van der Waals surface area contributed by atoms with E-state index in [1.807, 2.05) is 12.2 Å². The van der Waals surface area contributed by atoms with Crippen LogP contribution in [0.2, 0.25) is 0 Å². The van der Waals surface area contributed by atoms with Crippen LogP contribution >= 0.6 is 0 Å². The lowest BCUT2D eigenvalue weighted by atomic mass is 9.70. The lowest BCUT2D eigenvalue weighted by Crippen LogP contribution is -2.28. The maximum Gasteiger partial charge on any atom is 0.0726 e. The maximum atomic E-state index is 4.88. The maximum absolute atomic E-state index is 4.88. The molecule has 0 unspecified atom stereocenters. The van der Waals surface area contributed by atoms with Crippen molar-refractivity contribution in [1.82, 2.24) is 0 Å². The van der Waals surface area contributed by atoms with Gasteiger partial charge in [0.2, 0.25) is 0 Å². The Hall–Kier alpha value is -7.94. The first-order valence-corrected chi connectivity index (χ1v) is 24.0. The smallest absolute Gasteiger partial charge is 0.0726 e. The van der Waals surface area contributed by atoms with Crippen molar-refractivity contribution in [3.05, 3.63) is 280 Å². The van der Waals surface area contributed by atoms with Crippen LogP contribution in [0.4, 0.5) is 22.7 Å². The third kappa shape index (κ3) is 6.17. The van der Waals surface area contributed by atoms with Crippen molar-refractivity contribution in [1.29, 1.82) is 0 Å². The second-order valence-corrected chi connectivity index (χ2v) is 19.5. The summed E-state index contributed by atoms with van der Waals surface area (Å²) in [6.07, 6.45) is 19.5. The first-order chi connectivity index (χ1) is 33.2. The quantitative estimate of drug-likeness (QED) is 0.147. The van der Waals surface area contributed by atoms with Crippen LogP contribution in [0.25, 0.3) is 40.0 Å². The van der Waals surface area contributed by atoms with Gasteiger partial charge >= 0.3 is 0 Å². The summed E-state index contributed by atoms with van der Waals surface area (Å²) >= 11 is 0. The van der Waals surface area contributed by atoms with Crippen molar-refractivity contribution in [3.8, 4) is 22.3 Å². The van der Waals surface area contributed by atoms with Crippen molar-refractivity contribution < 1.29 is 0 Å². The van der Waals surface area contributed by atoms with E-state index in [-0.39, 0.29) is 5.41 Å². The minimum absolute atomic E-state index is 0.221. The van der Waals surface area contributed by atoms with Gasteiger partial charge in [0.25, 0.3) is 0 Å². The Kier molecular flexibility index (Phi) is 9.67. The van der Waals surface area contributed by atoms with Gasteiger partial charge in [-0.3, -0.25) is 0 Å². The van der Waals surface area contributed by atoms with E-state index >= 15 is 0 Å². The molecule has 0 amide bonds. The molecule has 3 aliphatic carbocycles. The predicted molar refractivity (Wildman–Crippen MR) is 289 cm³/mol.